The molecule has 3 nitrogen and oxygen atoms in total. The molecule has 1 unspecified atom stereocenters. The van der Waals surface area contributed by atoms with Gasteiger partial charge in [0.2, 0.25) is 0 Å². The van der Waals surface area contributed by atoms with Crippen molar-refractivity contribution >= 4 is 5.97 Å². The first-order valence-corrected chi connectivity index (χ1v) is 7.77. The van der Waals surface area contributed by atoms with E-state index >= 15 is 0 Å². The van der Waals surface area contributed by atoms with Crippen LogP contribution in [0.25, 0.3) is 0 Å². The monoisotopic (exact) mass is 297 g/mol. The van der Waals surface area contributed by atoms with E-state index in [4.69, 9.17) is 5.11 Å². The van der Waals surface area contributed by atoms with Crippen LogP contribution < -0.4 is 5.32 Å². The third-order valence-corrected chi connectivity index (χ3v) is 3.84. The lowest BCUT2D eigenvalue weighted by molar-refractivity contribution is -0.135. The van der Waals surface area contributed by atoms with Crippen molar-refractivity contribution in [2.75, 3.05) is 13.1 Å². The first-order chi connectivity index (χ1) is 10.8. The molecule has 0 amide bonds. The van der Waals surface area contributed by atoms with Gasteiger partial charge in [-0.25, -0.2) is 0 Å². The van der Waals surface area contributed by atoms with Crippen LogP contribution in [0.1, 0.15) is 29.9 Å². The molecule has 0 saturated carbocycles. The molecule has 2 rings (SSSR count). The van der Waals surface area contributed by atoms with E-state index in [9.17, 15) is 4.79 Å². The van der Waals surface area contributed by atoms with E-state index in [1.165, 1.54) is 11.1 Å². The molecule has 0 aliphatic rings. The first-order valence-electron chi connectivity index (χ1n) is 7.77. The number of carboxylic acids is 1. The van der Waals surface area contributed by atoms with E-state index in [2.05, 4.69) is 53.8 Å². The number of carbonyl (C=O) groups is 1. The van der Waals surface area contributed by atoms with Gasteiger partial charge in [-0.2, -0.15) is 0 Å². The number of carboxylic acid groups (broad SMARTS) is 1. The van der Waals surface area contributed by atoms with Gasteiger partial charge in [0.05, 0.1) is 6.54 Å². The molecule has 0 fully saturated rings. The number of hydrogen-bond acceptors (Lipinski definition) is 2. The second kappa shape index (κ2) is 9.00. The van der Waals surface area contributed by atoms with Crippen LogP contribution in [0.4, 0.5) is 0 Å². The highest BCUT2D eigenvalue weighted by atomic mass is 16.4. The molecule has 0 aliphatic heterocycles. The molecule has 0 aromatic heterocycles. The average molecular weight is 297 g/mol. The fraction of sp³-hybridized carbons (Fsp3) is 0.316. The van der Waals surface area contributed by atoms with Gasteiger partial charge in [0.25, 0.3) is 0 Å². The zero-order valence-electron chi connectivity index (χ0n) is 12.7. The number of hydrogen-bond donors (Lipinski definition) is 2. The van der Waals surface area contributed by atoms with E-state index < -0.39 is 5.97 Å². The van der Waals surface area contributed by atoms with E-state index in [0.29, 0.717) is 5.92 Å². The van der Waals surface area contributed by atoms with Gasteiger partial charge in [-0.15, -0.1) is 0 Å². The summed E-state index contributed by atoms with van der Waals surface area (Å²) in [5.41, 5.74) is 2.68. The van der Waals surface area contributed by atoms with Gasteiger partial charge in [0, 0.05) is 0 Å². The van der Waals surface area contributed by atoms with Crippen LogP contribution in [0, 0.1) is 0 Å². The van der Waals surface area contributed by atoms with E-state index in [0.717, 1.165) is 25.8 Å². The minimum Gasteiger partial charge on any atom is -0.480 e. The van der Waals surface area contributed by atoms with Gasteiger partial charge in [0.15, 0.2) is 0 Å². The Kier molecular flexibility index (Phi) is 6.65. The Bertz CT molecular complexity index is 554. The lowest BCUT2D eigenvalue weighted by Crippen LogP contribution is -2.24. The molecule has 2 aromatic carbocycles. The first kappa shape index (κ1) is 16.2. The Labute approximate surface area is 132 Å². The van der Waals surface area contributed by atoms with Crippen LogP contribution in [-0.4, -0.2) is 24.2 Å². The molecule has 116 valence electrons. The molecule has 0 heterocycles. The maximum atomic E-state index is 10.6. The fourth-order valence-electron chi connectivity index (χ4n) is 2.66. The van der Waals surface area contributed by atoms with Crippen molar-refractivity contribution in [3.05, 3.63) is 71.8 Å². The zero-order chi connectivity index (χ0) is 15.6. The quantitative estimate of drug-likeness (QED) is 0.697. The highest BCUT2D eigenvalue weighted by molar-refractivity contribution is 5.68. The van der Waals surface area contributed by atoms with Crippen molar-refractivity contribution in [1.29, 1.82) is 0 Å². The Morgan fingerprint density at radius 3 is 2.23 bits per heavy atom. The maximum absolute atomic E-state index is 10.6. The SMILES string of the molecule is O=C(O)CNCCC(CCc1ccccc1)c1ccccc1. The lowest BCUT2D eigenvalue weighted by atomic mass is 9.89. The van der Waals surface area contributed by atoms with Crippen LogP contribution in [0.2, 0.25) is 0 Å². The second-order valence-corrected chi connectivity index (χ2v) is 5.49. The molecule has 0 radical (unpaired) electrons. The van der Waals surface area contributed by atoms with Crippen molar-refractivity contribution < 1.29 is 9.90 Å². The summed E-state index contributed by atoms with van der Waals surface area (Å²) in [6.45, 7) is 0.751. The summed E-state index contributed by atoms with van der Waals surface area (Å²) in [4.78, 5) is 10.6. The molecule has 3 heteroatoms. The van der Waals surface area contributed by atoms with E-state index in [1.54, 1.807) is 0 Å². The third-order valence-electron chi connectivity index (χ3n) is 3.84. The maximum Gasteiger partial charge on any atom is 0.317 e. The van der Waals surface area contributed by atoms with Gasteiger partial charge < -0.3 is 10.4 Å². The number of aryl methyl sites for hydroxylation is 1. The summed E-state index contributed by atoms with van der Waals surface area (Å²) < 4.78 is 0. The van der Waals surface area contributed by atoms with Crippen LogP contribution in [0.5, 0.6) is 0 Å². The number of benzene rings is 2. The largest absolute Gasteiger partial charge is 0.480 e. The Morgan fingerprint density at radius 1 is 0.955 bits per heavy atom. The molecule has 1 atom stereocenters. The topological polar surface area (TPSA) is 49.3 Å². The Hall–Kier alpha value is -2.13. The highest BCUT2D eigenvalue weighted by Crippen LogP contribution is 2.24. The summed E-state index contributed by atoms with van der Waals surface area (Å²) in [6.07, 6.45) is 3.06. The highest BCUT2D eigenvalue weighted by Gasteiger charge is 2.11. The van der Waals surface area contributed by atoms with Crippen molar-refractivity contribution in [2.45, 2.75) is 25.2 Å². The molecule has 0 spiro atoms. The summed E-state index contributed by atoms with van der Waals surface area (Å²) in [6, 6.07) is 21.0. The van der Waals surface area contributed by atoms with Crippen LogP contribution in [-0.2, 0) is 11.2 Å². The van der Waals surface area contributed by atoms with Gasteiger partial charge in [-0.3, -0.25) is 4.79 Å². The molecule has 2 N–H and O–H groups in total. The number of rotatable bonds is 9. The van der Waals surface area contributed by atoms with Crippen molar-refractivity contribution in [3.63, 3.8) is 0 Å². The molecule has 0 aliphatic carbocycles. The summed E-state index contributed by atoms with van der Waals surface area (Å²) >= 11 is 0. The lowest BCUT2D eigenvalue weighted by Gasteiger charge is -2.17. The molecular formula is C19H23NO2. The van der Waals surface area contributed by atoms with E-state index in [-0.39, 0.29) is 6.54 Å². The predicted molar refractivity (Wildman–Crippen MR) is 89.1 cm³/mol. The van der Waals surface area contributed by atoms with Crippen molar-refractivity contribution in [2.24, 2.45) is 0 Å². The number of nitrogens with one attached hydrogen (secondary N) is 1. The zero-order valence-corrected chi connectivity index (χ0v) is 12.7. The van der Waals surface area contributed by atoms with Gasteiger partial charge >= 0.3 is 5.97 Å². The Morgan fingerprint density at radius 2 is 1.59 bits per heavy atom. The van der Waals surface area contributed by atoms with Crippen LogP contribution >= 0.6 is 0 Å². The average Bonchev–Trinajstić information content (AvgIpc) is 2.55. The standard InChI is InChI=1S/C19H23NO2/c21-19(22)15-20-14-13-18(17-9-5-2-6-10-17)12-11-16-7-3-1-4-8-16/h1-10,18,20H,11-15H2,(H,21,22). The molecular weight excluding hydrogens is 274 g/mol. The normalized spacial score (nSPS) is 12.0. The number of aliphatic carboxylic acids is 1. The smallest absolute Gasteiger partial charge is 0.317 e. The van der Waals surface area contributed by atoms with Gasteiger partial charge in [-0.05, 0) is 42.9 Å². The van der Waals surface area contributed by atoms with E-state index in [1.807, 2.05) is 12.1 Å². The van der Waals surface area contributed by atoms with Crippen LogP contribution in [0.3, 0.4) is 0 Å². The van der Waals surface area contributed by atoms with Gasteiger partial charge in [0.1, 0.15) is 0 Å². The van der Waals surface area contributed by atoms with Crippen molar-refractivity contribution in [3.8, 4) is 0 Å². The van der Waals surface area contributed by atoms with Crippen molar-refractivity contribution in [1.82, 2.24) is 5.32 Å². The predicted octanol–water partition coefficient (Wildman–Crippen LogP) is 3.47. The minimum atomic E-state index is -0.805. The minimum absolute atomic E-state index is 0.0280. The molecule has 22 heavy (non-hydrogen) atoms. The Balaban J connectivity index is 1.91. The summed E-state index contributed by atoms with van der Waals surface area (Å²) in [7, 11) is 0. The summed E-state index contributed by atoms with van der Waals surface area (Å²) in [5.74, 6) is -0.358. The second-order valence-electron chi connectivity index (χ2n) is 5.49. The third kappa shape index (κ3) is 5.70. The van der Waals surface area contributed by atoms with Crippen LogP contribution in [0.15, 0.2) is 60.7 Å². The van der Waals surface area contributed by atoms with Gasteiger partial charge in [-0.1, -0.05) is 60.7 Å². The molecule has 2 aromatic rings. The summed E-state index contributed by atoms with van der Waals surface area (Å²) in [5, 5.41) is 11.7. The molecule has 0 bridgehead atoms. The fourth-order valence-corrected chi connectivity index (χ4v) is 2.66. The molecule has 0 saturated heterocycles.